The van der Waals surface area contributed by atoms with Crippen LogP contribution in [-0.2, 0) is 6.54 Å². The van der Waals surface area contributed by atoms with Gasteiger partial charge in [-0.15, -0.1) is 0 Å². The highest BCUT2D eigenvalue weighted by Gasteiger charge is 2.10. The summed E-state index contributed by atoms with van der Waals surface area (Å²) in [6, 6.07) is 6.59. The normalized spacial score (nSPS) is 11.0. The van der Waals surface area contributed by atoms with Gasteiger partial charge in [0.2, 0.25) is 0 Å². The van der Waals surface area contributed by atoms with Crippen molar-refractivity contribution < 1.29 is 4.39 Å². The summed E-state index contributed by atoms with van der Waals surface area (Å²) in [5.41, 5.74) is 1.69. The zero-order valence-corrected chi connectivity index (χ0v) is 9.97. The van der Waals surface area contributed by atoms with Crippen LogP contribution in [-0.4, -0.2) is 19.5 Å². The van der Waals surface area contributed by atoms with E-state index in [1.54, 1.807) is 29.1 Å². The van der Waals surface area contributed by atoms with Crippen molar-refractivity contribution in [3.63, 3.8) is 0 Å². The summed E-state index contributed by atoms with van der Waals surface area (Å²) in [6.07, 6.45) is 2.93. The molecule has 1 aromatic carbocycles. The molecular weight excluding hydrogens is 255 g/mol. The lowest BCUT2D eigenvalue weighted by molar-refractivity contribution is 0.601. The van der Waals surface area contributed by atoms with E-state index in [0.717, 1.165) is 0 Å². The van der Waals surface area contributed by atoms with Crippen LogP contribution in [0.1, 0.15) is 5.56 Å². The van der Waals surface area contributed by atoms with E-state index in [1.807, 2.05) is 0 Å². The minimum absolute atomic E-state index is 0.257. The van der Waals surface area contributed by atoms with Gasteiger partial charge in [0.15, 0.2) is 10.8 Å². The second kappa shape index (κ2) is 4.34. The Bertz CT molecular complexity index is 710. The van der Waals surface area contributed by atoms with Crippen LogP contribution < -0.4 is 0 Å². The maximum atomic E-state index is 13.6. The number of benzene rings is 1. The Morgan fingerprint density at radius 1 is 1.17 bits per heavy atom. The first-order chi connectivity index (χ1) is 8.75. The molecule has 0 aliphatic carbocycles. The summed E-state index contributed by atoms with van der Waals surface area (Å²) in [6.45, 7) is 0.344. The summed E-state index contributed by atoms with van der Waals surface area (Å²) >= 11 is 6.00. The van der Waals surface area contributed by atoms with Crippen molar-refractivity contribution in [1.82, 2.24) is 19.5 Å². The lowest BCUT2D eigenvalue weighted by Crippen LogP contribution is -2.01. The minimum Gasteiger partial charge on any atom is -0.322 e. The number of nitrogens with zero attached hydrogens (tertiary/aromatic N) is 4. The molecule has 0 bridgehead atoms. The number of hydrogen-bond donors (Lipinski definition) is 0. The van der Waals surface area contributed by atoms with Gasteiger partial charge >= 0.3 is 0 Å². The molecule has 0 radical (unpaired) electrons. The molecule has 0 aliphatic heterocycles. The molecule has 0 atom stereocenters. The number of imidazole rings is 1. The Morgan fingerprint density at radius 2 is 2.00 bits per heavy atom. The van der Waals surface area contributed by atoms with Crippen LogP contribution >= 0.6 is 11.6 Å². The molecule has 3 aromatic rings. The summed E-state index contributed by atoms with van der Waals surface area (Å²) in [5.74, 6) is -0.257. The molecule has 2 aromatic heterocycles. The number of fused-ring (bicyclic) bond motifs is 1. The molecule has 3 rings (SSSR count). The van der Waals surface area contributed by atoms with Gasteiger partial charge in [-0.05, 0) is 6.07 Å². The van der Waals surface area contributed by atoms with Crippen molar-refractivity contribution >= 4 is 22.8 Å². The number of hydrogen-bond acceptors (Lipinski definition) is 3. The third-order valence-corrected chi connectivity index (χ3v) is 2.94. The molecule has 2 heterocycles. The zero-order valence-electron chi connectivity index (χ0n) is 9.22. The number of halogens is 2. The Balaban J connectivity index is 2.09. The van der Waals surface area contributed by atoms with Crippen LogP contribution in [0, 0.1) is 5.82 Å². The first-order valence-corrected chi connectivity index (χ1v) is 5.68. The third kappa shape index (κ3) is 1.82. The van der Waals surface area contributed by atoms with Crippen molar-refractivity contribution in [2.45, 2.75) is 6.54 Å². The molecule has 0 saturated heterocycles. The topological polar surface area (TPSA) is 43.6 Å². The largest absolute Gasteiger partial charge is 0.322 e. The lowest BCUT2D eigenvalue weighted by atomic mass is 10.2. The average Bonchev–Trinajstić information content (AvgIpc) is 2.77. The molecular formula is C12H8ClFN4. The highest BCUT2D eigenvalue weighted by molar-refractivity contribution is 6.33. The van der Waals surface area contributed by atoms with Gasteiger partial charge in [0.1, 0.15) is 17.7 Å². The van der Waals surface area contributed by atoms with Crippen molar-refractivity contribution in [1.29, 1.82) is 0 Å². The quantitative estimate of drug-likeness (QED) is 0.667. The van der Waals surface area contributed by atoms with Gasteiger partial charge in [-0.25, -0.2) is 19.3 Å². The zero-order chi connectivity index (χ0) is 12.5. The molecule has 0 fully saturated rings. The fraction of sp³-hybridized carbons (Fsp3) is 0.0833. The highest BCUT2D eigenvalue weighted by atomic mass is 35.5. The van der Waals surface area contributed by atoms with Gasteiger partial charge in [0.25, 0.3) is 0 Å². The smallest absolute Gasteiger partial charge is 0.182 e. The Labute approximate surface area is 107 Å². The fourth-order valence-corrected chi connectivity index (χ4v) is 2.04. The van der Waals surface area contributed by atoms with E-state index in [1.165, 1.54) is 12.4 Å². The van der Waals surface area contributed by atoms with Crippen LogP contribution in [0.3, 0.4) is 0 Å². The molecule has 0 amide bonds. The van der Waals surface area contributed by atoms with E-state index in [-0.39, 0.29) is 5.82 Å². The van der Waals surface area contributed by atoms with Gasteiger partial charge in [-0.3, -0.25) is 0 Å². The van der Waals surface area contributed by atoms with Gasteiger partial charge in [0.05, 0.1) is 12.9 Å². The first kappa shape index (κ1) is 11.1. The number of rotatable bonds is 2. The van der Waals surface area contributed by atoms with Crippen molar-refractivity contribution in [2.24, 2.45) is 0 Å². The predicted octanol–water partition coefficient (Wildman–Crippen LogP) is 2.67. The molecule has 0 spiro atoms. The summed E-state index contributed by atoms with van der Waals surface area (Å²) in [4.78, 5) is 12.0. The Morgan fingerprint density at radius 3 is 2.83 bits per heavy atom. The van der Waals surface area contributed by atoms with Crippen LogP contribution in [0.4, 0.5) is 4.39 Å². The molecule has 0 N–H and O–H groups in total. The molecule has 18 heavy (non-hydrogen) atoms. The fourth-order valence-electron chi connectivity index (χ4n) is 1.80. The maximum absolute atomic E-state index is 13.6. The van der Waals surface area contributed by atoms with Crippen molar-refractivity contribution in [2.75, 3.05) is 0 Å². The minimum atomic E-state index is -0.257. The average molecular weight is 263 g/mol. The standard InChI is InChI=1S/C12H8ClFN4/c13-11-10-12(16-6-15-11)17-7-18(10)5-8-3-1-2-4-9(8)14/h1-4,6-7H,5H2. The van der Waals surface area contributed by atoms with Crippen molar-refractivity contribution in [3.05, 3.63) is 53.5 Å². The third-order valence-electron chi connectivity index (χ3n) is 2.66. The van der Waals surface area contributed by atoms with Crippen LogP contribution in [0.25, 0.3) is 11.2 Å². The van der Waals surface area contributed by atoms with E-state index < -0.39 is 0 Å². The molecule has 4 nitrogen and oxygen atoms in total. The first-order valence-electron chi connectivity index (χ1n) is 5.30. The summed E-state index contributed by atoms with van der Waals surface area (Å²) in [7, 11) is 0. The Hall–Kier alpha value is -2.01. The van der Waals surface area contributed by atoms with Gasteiger partial charge in [-0.2, -0.15) is 0 Å². The predicted molar refractivity (Wildman–Crippen MR) is 65.8 cm³/mol. The van der Waals surface area contributed by atoms with Crippen LogP contribution in [0.5, 0.6) is 0 Å². The number of aromatic nitrogens is 4. The van der Waals surface area contributed by atoms with E-state index in [4.69, 9.17) is 11.6 Å². The van der Waals surface area contributed by atoms with E-state index in [0.29, 0.717) is 28.4 Å². The lowest BCUT2D eigenvalue weighted by Gasteiger charge is -2.05. The highest BCUT2D eigenvalue weighted by Crippen LogP contribution is 2.19. The van der Waals surface area contributed by atoms with Gasteiger partial charge < -0.3 is 4.57 Å². The second-order valence-corrected chi connectivity index (χ2v) is 4.16. The van der Waals surface area contributed by atoms with E-state index >= 15 is 0 Å². The van der Waals surface area contributed by atoms with Gasteiger partial charge in [-0.1, -0.05) is 29.8 Å². The van der Waals surface area contributed by atoms with Gasteiger partial charge in [0, 0.05) is 5.56 Å². The SMILES string of the molecule is Fc1ccccc1Cn1cnc2ncnc(Cl)c21. The Kier molecular flexibility index (Phi) is 2.68. The van der Waals surface area contributed by atoms with E-state index in [9.17, 15) is 4.39 Å². The molecule has 6 heteroatoms. The molecule has 0 saturated carbocycles. The van der Waals surface area contributed by atoms with E-state index in [2.05, 4.69) is 15.0 Å². The monoisotopic (exact) mass is 262 g/mol. The molecule has 90 valence electrons. The van der Waals surface area contributed by atoms with Crippen LogP contribution in [0.15, 0.2) is 36.9 Å². The summed E-state index contributed by atoms with van der Waals surface area (Å²) in [5, 5.41) is 0.314. The molecule has 0 unspecified atom stereocenters. The maximum Gasteiger partial charge on any atom is 0.182 e. The molecule has 0 aliphatic rings. The summed E-state index contributed by atoms with van der Waals surface area (Å²) < 4.78 is 15.3. The second-order valence-electron chi connectivity index (χ2n) is 3.80. The van der Waals surface area contributed by atoms with Crippen molar-refractivity contribution in [3.8, 4) is 0 Å². The van der Waals surface area contributed by atoms with Crippen LogP contribution in [0.2, 0.25) is 5.15 Å².